The number of pyridine rings is 1. The molecule has 7 nitrogen and oxygen atoms in total. The molecule has 3 aromatic heterocycles. The van der Waals surface area contributed by atoms with Gasteiger partial charge in [0.15, 0.2) is 5.65 Å². The maximum absolute atomic E-state index is 15.0. The highest BCUT2D eigenvalue weighted by molar-refractivity contribution is 5.68. The second kappa shape index (κ2) is 9.58. The minimum Gasteiger partial charge on any atom is -0.391 e. The first-order valence-corrected chi connectivity index (χ1v) is 12.9. The first-order chi connectivity index (χ1) is 18.3. The van der Waals surface area contributed by atoms with Gasteiger partial charge in [0.25, 0.3) is 0 Å². The predicted octanol–water partition coefficient (Wildman–Crippen LogP) is 4.90. The third-order valence-corrected chi connectivity index (χ3v) is 7.87. The number of allylic oxidation sites excluding steroid dienone is 3. The number of fused-ring (bicyclic) bond motifs is 1. The molecule has 2 fully saturated rings. The van der Waals surface area contributed by atoms with Crippen LogP contribution in [0.3, 0.4) is 0 Å². The average Bonchev–Trinajstić information content (AvgIpc) is 3.63. The van der Waals surface area contributed by atoms with Crippen molar-refractivity contribution in [3.8, 4) is 0 Å². The third kappa shape index (κ3) is 4.47. The number of alkyl halides is 1. The molecule has 2 aliphatic heterocycles. The molecular formula is C28H29F3N6O. The predicted molar refractivity (Wildman–Crippen MR) is 141 cm³/mol. The molecule has 38 heavy (non-hydrogen) atoms. The van der Waals surface area contributed by atoms with Crippen molar-refractivity contribution in [3.63, 3.8) is 0 Å². The van der Waals surface area contributed by atoms with Gasteiger partial charge in [-0.1, -0.05) is 6.92 Å². The minimum atomic E-state index is -1.18. The van der Waals surface area contributed by atoms with Crippen molar-refractivity contribution in [1.82, 2.24) is 19.6 Å². The summed E-state index contributed by atoms with van der Waals surface area (Å²) < 4.78 is 45.5. The Kier molecular flexibility index (Phi) is 6.22. The monoisotopic (exact) mass is 522 g/mol. The van der Waals surface area contributed by atoms with E-state index in [2.05, 4.69) is 14.9 Å². The smallest absolute Gasteiger partial charge is 0.154 e. The van der Waals surface area contributed by atoms with E-state index in [-0.39, 0.29) is 25.5 Å². The molecule has 0 saturated carbocycles. The number of halogens is 3. The Hall–Kier alpha value is -3.66. The second-order valence-electron chi connectivity index (χ2n) is 10.5. The van der Waals surface area contributed by atoms with Crippen molar-refractivity contribution >= 4 is 29.3 Å². The van der Waals surface area contributed by atoms with Crippen molar-refractivity contribution < 1.29 is 18.3 Å². The Morgan fingerprint density at radius 1 is 1.05 bits per heavy atom. The van der Waals surface area contributed by atoms with Gasteiger partial charge in [-0.15, -0.1) is 5.10 Å². The molecule has 0 bridgehead atoms. The van der Waals surface area contributed by atoms with E-state index < -0.39 is 29.3 Å². The maximum Gasteiger partial charge on any atom is 0.154 e. The second-order valence-corrected chi connectivity index (χ2v) is 10.5. The lowest BCUT2D eigenvalue weighted by atomic mass is 9.74. The summed E-state index contributed by atoms with van der Waals surface area (Å²) in [5, 5.41) is 14.5. The molecule has 0 amide bonds. The SMILES string of the molecule is CC1([C@H]2C[C@H](F)CN2c2ccc3ncc(/C=C/c4ccc(N5CC[C@H](O)C5)cn4)n3n2)CC(F)=CC=C1F. The summed E-state index contributed by atoms with van der Waals surface area (Å²) in [5.74, 6) is -0.384. The van der Waals surface area contributed by atoms with Gasteiger partial charge in [-0.2, -0.15) is 0 Å². The normalized spacial score (nSPS) is 28.0. The van der Waals surface area contributed by atoms with Crippen LogP contribution in [0.4, 0.5) is 24.7 Å². The Balaban J connectivity index is 1.26. The number of rotatable bonds is 5. The highest BCUT2D eigenvalue weighted by atomic mass is 19.1. The highest BCUT2D eigenvalue weighted by Gasteiger charge is 2.49. The quantitative estimate of drug-likeness (QED) is 0.514. The van der Waals surface area contributed by atoms with Crippen LogP contribution >= 0.6 is 0 Å². The molecule has 10 heteroatoms. The highest BCUT2D eigenvalue weighted by Crippen LogP contribution is 2.48. The lowest BCUT2D eigenvalue weighted by Crippen LogP contribution is -2.44. The topological polar surface area (TPSA) is 69.8 Å². The number of aromatic nitrogens is 4. The fraction of sp³-hybridized carbons (Fsp3) is 0.393. The van der Waals surface area contributed by atoms with Crippen molar-refractivity contribution in [2.45, 2.75) is 44.5 Å². The van der Waals surface area contributed by atoms with Crippen LogP contribution < -0.4 is 9.80 Å². The third-order valence-electron chi connectivity index (χ3n) is 7.87. The number of hydrogen-bond donors (Lipinski definition) is 1. The summed E-state index contributed by atoms with van der Waals surface area (Å²) in [6, 6.07) is 6.84. The lowest BCUT2D eigenvalue weighted by Gasteiger charge is -2.40. The zero-order valence-corrected chi connectivity index (χ0v) is 21.0. The fourth-order valence-electron chi connectivity index (χ4n) is 5.75. The van der Waals surface area contributed by atoms with Crippen molar-refractivity contribution in [2.24, 2.45) is 5.41 Å². The summed E-state index contributed by atoms with van der Waals surface area (Å²) in [6.07, 6.45) is 8.74. The Morgan fingerprint density at radius 2 is 1.92 bits per heavy atom. The van der Waals surface area contributed by atoms with Crippen LogP contribution in [0.15, 0.2) is 60.5 Å². The number of imidazole rings is 1. The van der Waals surface area contributed by atoms with E-state index in [0.29, 0.717) is 23.7 Å². The van der Waals surface area contributed by atoms with Crippen molar-refractivity contribution in [1.29, 1.82) is 0 Å². The number of aliphatic hydroxyl groups excluding tert-OH is 1. The number of nitrogens with zero attached hydrogens (tertiary/aromatic N) is 6. The maximum atomic E-state index is 15.0. The van der Waals surface area contributed by atoms with Gasteiger partial charge in [0.1, 0.15) is 23.6 Å². The van der Waals surface area contributed by atoms with E-state index >= 15 is 0 Å². The largest absolute Gasteiger partial charge is 0.391 e. The van der Waals surface area contributed by atoms with E-state index in [1.807, 2.05) is 24.3 Å². The van der Waals surface area contributed by atoms with Gasteiger partial charge in [0.05, 0.1) is 42.1 Å². The molecule has 3 aromatic rings. The molecule has 3 aliphatic rings. The molecule has 2 saturated heterocycles. The lowest BCUT2D eigenvalue weighted by molar-refractivity contribution is 0.198. The summed E-state index contributed by atoms with van der Waals surface area (Å²) >= 11 is 0. The molecule has 0 radical (unpaired) electrons. The van der Waals surface area contributed by atoms with Crippen LogP contribution in [0, 0.1) is 5.41 Å². The fourth-order valence-corrected chi connectivity index (χ4v) is 5.75. The number of hydrogen-bond acceptors (Lipinski definition) is 6. The van der Waals surface area contributed by atoms with Crippen LogP contribution in [0.25, 0.3) is 17.8 Å². The van der Waals surface area contributed by atoms with E-state index in [1.54, 1.807) is 40.9 Å². The van der Waals surface area contributed by atoms with Crippen LogP contribution in [0.5, 0.6) is 0 Å². The first kappa shape index (κ1) is 24.7. The molecule has 0 spiro atoms. The summed E-state index contributed by atoms with van der Waals surface area (Å²) in [4.78, 5) is 12.8. The van der Waals surface area contributed by atoms with Gasteiger partial charge in [-0.3, -0.25) is 4.98 Å². The zero-order valence-electron chi connectivity index (χ0n) is 21.0. The van der Waals surface area contributed by atoms with Crippen LogP contribution in [-0.2, 0) is 0 Å². The number of β-amino-alcohol motifs (C(OH)–C–C–N with tert-alkyl or cyclic N) is 1. The standard InChI is InChI=1S/C28H29F3N6O/c1-28(13-18(29)2-7-24(28)31)25-12-19(30)16-36(25)27-9-8-26-33-15-22(37(26)34-27)6-4-20-3-5-21(14-32-20)35-11-10-23(38)17-35/h2-9,14-15,19,23,25,38H,10-13,16-17H2,1H3/b6-4+/t19-,23-,25+,28?/m0/s1. The zero-order chi connectivity index (χ0) is 26.4. The van der Waals surface area contributed by atoms with Gasteiger partial charge < -0.3 is 14.9 Å². The summed E-state index contributed by atoms with van der Waals surface area (Å²) in [7, 11) is 0. The minimum absolute atomic E-state index is 0.0571. The van der Waals surface area contributed by atoms with E-state index in [4.69, 9.17) is 5.10 Å². The van der Waals surface area contributed by atoms with Crippen molar-refractivity contribution in [3.05, 3.63) is 71.9 Å². The van der Waals surface area contributed by atoms with E-state index in [0.717, 1.165) is 36.5 Å². The van der Waals surface area contributed by atoms with Gasteiger partial charge >= 0.3 is 0 Å². The van der Waals surface area contributed by atoms with Gasteiger partial charge in [-0.25, -0.2) is 22.7 Å². The average molecular weight is 523 g/mol. The Bertz CT molecular complexity index is 1430. The molecule has 1 unspecified atom stereocenters. The van der Waals surface area contributed by atoms with Gasteiger partial charge in [0.2, 0.25) is 0 Å². The van der Waals surface area contributed by atoms with E-state index in [9.17, 15) is 18.3 Å². The molecule has 6 rings (SSSR count). The first-order valence-electron chi connectivity index (χ1n) is 12.9. The Labute approximate surface area is 218 Å². The van der Waals surface area contributed by atoms with Crippen LogP contribution in [-0.4, -0.2) is 62.6 Å². The van der Waals surface area contributed by atoms with Gasteiger partial charge in [0, 0.05) is 37.4 Å². The molecule has 0 aromatic carbocycles. The Morgan fingerprint density at radius 3 is 2.68 bits per heavy atom. The molecule has 1 N–H and O–H groups in total. The summed E-state index contributed by atoms with van der Waals surface area (Å²) in [5.41, 5.74) is 1.85. The summed E-state index contributed by atoms with van der Waals surface area (Å²) in [6.45, 7) is 3.13. The van der Waals surface area contributed by atoms with E-state index in [1.165, 1.54) is 0 Å². The molecule has 198 valence electrons. The molecule has 5 heterocycles. The molecule has 1 aliphatic carbocycles. The number of aliphatic hydroxyl groups is 1. The van der Waals surface area contributed by atoms with Crippen molar-refractivity contribution in [2.75, 3.05) is 29.4 Å². The van der Waals surface area contributed by atoms with Crippen LogP contribution in [0.2, 0.25) is 0 Å². The molecular weight excluding hydrogens is 493 g/mol. The molecule has 4 atom stereocenters. The van der Waals surface area contributed by atoms with Gasteiger partial charge in [-0.05, 0) is 55.0 Å². The number of anilines is 2. The van der Waals surface area contributed by atoms with Crippen LogP contribution in [0.1, 0.15) is 37.6 Å².